The normalized spacial score (nSPS) is 12.6. The van der Waals surface area contributed by atoms with Crippen molar-refractivity contribution >= 4 is 23.1 Å². The zero-order valence-electron chi connectivity index (χ0n) is 19.7. The Morgan fingerprint density at radius 3 is 2.03 bits per heavy atom. The van der Waals surface area contributed by atoms with Crippen LogP contribution in [-0.2, 0) is 9.59 Å². The van der Waals surface area contributed by atoms with Crippen LogP contribution in [0.5, 0.6) is 11.5 Å². The Balaban J connectivity index is 2.48. The van der Waals surface area contributed by atoms with Gasteiger partial charge in [-0.1, -0.05) is 12.1 Å². The van der Waals surface area contributed by atoms with Gasteiger partial charge in [0, 0.05) is 28.4 Å². The monoisotopic (exact) mass is 440 g/mol. The molecular weight excluding hydrogens is 408 g/mol. The van der Waals surface area contributed by atoms with E-state index in [0.29, 0.717) is 34.3 Å². The summed E-state index contributed by atoms with van der Waals surface area (Å²) in [4.78, 5) is 23.6. The quantitative estimate of drug-likeness (QED) is 0.494. The zero-order chi connectivity index (χ0) is 24.0. The zero-order valence-corrected chi connectivity index (χ0v) is 19.7. The third-order valence-electron chi connectivity index (χ3n) is 5.20. The van der Waals surface area contributed by atoms with Gasteiger partial charge in [-0.3, -0.25) is 9.59 Å². The maximum Gasteiger partial charge on any atom is 0.325 e. The topological polar surface area (TPSA) is 96.9 Å². The number of carboxylic acids is 1. The number of amides is 1. The molecule has 0 heterocycles. The number of benzene rings is 2. The van der Waals surface area contributed by atoms with Gasteiger partial charge >= 0.3 is 5.97 Å². The molecule has 0 aromatic heterocycles. The number of methoxy groups -OCH3 is 2. The summed E-state index contributed by atoms with van der Waals surface area (Å²) in [6.45, 7) is 9.04. The molecule has 0 aliphatic rings. The van der Waals surface area contributed by atoms with E-state index in [9.17, 15) is 9.59 Å². The smallest absolute Gasteiger partial charge is 0.325 e. The van der Waals surface area contributed by atoms with Crippen molar-refractivity contribution in [1.82, 2.24) is 5.32 Å². The molecule has 0 fully saturated rings. The molecule has 0 aliphatic heterocycles. The summed E-state index contributed by atoms with van der Waals surface area (Å²) in [6.07, 6.45) is 0. The van der Waals surface area contributed by atoms with Gasteiger partial charge in [-0.05, 0) is 70.0 Å². The molecule has 0 spiro atoms. The number of anilines is 1. The molecule has 2 aromatic rings. The molecule has 32 heavy (non-hydrogen) atoms. The number of carbonyl (C=O) groups is 2. The number of carbonyl (C=O) groups excluding carboxylic acids is 1. The van der Waals surface area contributed by atoms with E-state index < -0.39 is 17.9 Å². The number of rotatable bonds is 9. The SMILES string of the molecule is COc1cc(-c2ccc(NC(C)C)cc2)c(OC)cc1/C(C)=C(\C)C(=O)N[C@H](C)C(=O)O. The lowest BCUT2D eigenvalue weighted by molar-refractivity contribution is -0.140. The summed E-state index contributed by atoms with van der Waals surface area (Å²) in [5, 5.41) is 14.9. The first-order valence-corrected chi connectivity index (χ1v) is 10.4. The molecule has 0 saturated heterocycles. The highest BCUT2D eigenvalue weighted by molar-refractivity contribution is 6.02. The fraction of sp³-hybridized carbons (Fsp3) is 0.360. The van der Waals surface area contributed by atoms with E-state index in [1.54, 1.807) is 28.1 Å². The number of aliphatic carboxylic acids is 1. The fourth-order valence-corrected chi connectivity index (χ4v) is 3.23. The van der Waals surface area contributed by atoms with Gasteiger partial charge in [-0.15, -0.1) is 0 Å². The Kier molecular flexibility index (Phi) is 8.29. The minimum absolute atomic E-state index is 0.337. The first-order chi connectivity index (χ1) is 15.1. The van der Waals surface area contributed by atoms with Crippen LogP contribution in [-0.4, -0.2) is 43.3 Å². The third kappa shape index (κ3) is 5.81. The van der Waals surface area contributed by atoms with Crippen molar-refractivity contribution in [1.29, 1.82) is 0 Å². The number of nitrogens with one attached hydrogen (secondary N) is 2. The van der Waals surface area contributed by atoms with E-state index in [1.165, 1.54) is 6.92 Å². The molecule has 7 nitrogen and oxygen atoms in total. The average molecular weight is 441 g/mol. The molecule has 7 heteroatoms. The number of hydrogen-bond acceptors (Lipinski definition) is 5. The first kappa shape index (κ1) is 24.8. The molecule has 1 amide bonds. The molecule has 2 rings (SSSR count). The molecule has 0 unspecified atom stereocenters. The van der Waals surface area contributed by atoms with E-state index in [4.69, 9.17) is 14.6 Å². The van der Waals surface area contributed by atoms with Gasteiger partial charge in [0.15, 0.2) is 0 Å². The van der Waals surface area contributed by atoms with Crippen molar-refractivity contribution in [2.45, 2.75) is 46.7 Å². The highest BCUT2D eigenvalue weighted by atomic mass is 16.5. The Morgan fingerprint density at radius 2 is 1.53 bits per heavy atom. The van der Waals surface area contributed by atoms with Gasteiger partial charge in [0.2, 0.25) is 5.91 Å². The summed E-state index contributed by atoms with van der Waals surface area (Å²) in [5.41, 5.74) is 4.61. The lowest BCUT2D eigenvalue weighted by Gasteiger charge is -2.18. The second-order valence-electron chi connectivity index (χ2n) is 7.91. The van der Waals surface area contributed by atoms with Crippen molar-refractivity contribution in [3.63, 3.8) is 0 Å². The Bertz CT molecular complexity index is 1010. The van der Waals surface area contributed by atoms with E-state index in [0.717, 1.165) is 16.8 Å². The third-order valence-corrected chi connectivity index (χ3v) is 5.20. The maximum absolute atomic E-state index is 12.5. The van der Waals surface area contributed by atoms with Crippen LogP contribution in [0.4, 0.5) is 5.69 Å². The summed E-state index contributed by atoms with van der Waals surface area (Å²) in [7, 11) is 3.16. The van der Waals surface area contributed by atoms with Crippen LogP contribution in [0.3, 0.4) is 0 Å². The molecule has 0 radical (unpaired) electrons. The van der Waals surface area contributed by atoms with Crippen LogP contribution in [0.25, 0.3) is 16.7 Å². The average Bonchev–Trinajstić information content (AvgIpc) is 2.77. The van der Waals surface area contributed by atoms with Crippen molar-refractivity contribution in [2.24, 2.45) is 0 Å². The molecule has 2 aromatic carbocycles. The Morgan fingerprint density at radius 1 is 0.938 bits per heavy atom. The lowest BCUT2D eigenvalue weighted by Crippen LogP contribution is -2.38. The van der Waals surface area contributed by atoms with Crippen molar-refractivity contribution in [3.05, 3.63) is 47.5 Å². The minimum Gasteiger partial charge on any atom is -0.496 e. The van der Waals surface area contributed by atoms with E-state index in [-0.39, 0.29) is 0 Å². The molecule has 1 atom stereocenters. The van der Waals surface area contributed by atoms with Crippen LogP contribution < -0.4 is 20.1 Å². The molecular formula is C25H32N2O5. The standard InChI is InChI=1S/C25H32N2O5/c1-14(2)26-19-10-8-18(9-11-19)21-13-22(31-6)20(12-23(21)32-7)15(3)16(4)24(28)27-17(5)25(29)30/h8-14,17,26H,1-7H3,(H,27,28)(H,29,30)/b16-15+/t17-/m1/s1. The Hall–Kier alpha value is -3.48. The lowest BCUT2D eigenvalue weighted by atomic mass is 9.95. The van der Waals surface area contributed by atoms with Crippen LogP contribution in [0.15, 0.2) is 42.0 Å². The van der Waals surface area contributed by atoms with Crippen molar-refractivity contribution < 1.29 is 24.2 Å². The van der Waals surface area contributed by atoms with Gasteiger partial charge in [-0.2, -0.15) is 0 Å². The predicted octanol–water partition coefficient (Wildman–Crippen LogP) is 4.57. The van der Waals surface area contributed by atoms with Crippen LogP contribution in [0, 0.1) is 0 Å². The predicted molar refractivity (Wildman–Crippen MR) is 127 cm³/mol. The van der Waals surface area contributed by atoms with Crippen LogP contribution in [0.1, 0.15) is 40.2 Å². The number of carboxylic acid groups (broad SMARTS) is 1. The van der Waals surface area contributed by atoms with E-state index in [2.05, 4.69) is 24.5 Å². The van der Waals surface area contributed by atoms with Crippen molar-refractivity contribution in [3.8, 4) is 22.6 Å². The highest BCUT2D eigenvalue weighted by Gasteiger charge is 2.20. The summed E-state index contributed by atoms with van der Waals surface area (Å²) < 4.78 is 11.3. The first-order valence-electron chi connectivity index (χ1n) is 10.4. The molecule has 3 N–H and O–H groups in total. The molecule has 0 saturated carbocycles. The van der Waals surface area contributed by atoms with Crippen molar-refractivity contribution in [2.75, 3.05) is 19.5 Å². The molecule has 172 valence electrons. The largest absolute Gasteiger partial charge is 0.496 e. The number of hydrogen-bond donors (Lipinski definition) is 3. The Labute approximate surface area is 189 Å². The minimum atomic E-state index is -1.10. The molecule has 0 aliphatic carbocycles. The summed E-state index contributed by atoms with van der Waals surface area (Å²) in [5.74, 6) is -0.323. The van der Waals surface area contributed by atoms with Gasteiger partial charge in [0.25, 0.3) is 0 Å². The maximum atomic E-state index is 12.5. The van der Waals surface area contributed by atoms with Crippen LogP contribution >= 0.6 is 0 Å². The molecule has 0 bridgehead atoms. The van der Waals surface area contributed by atoms with Gasteiger partial charge < -0.3 is 25.2 Å². The number of ether oxygens (including phenoxy) is 2. The summed E-state index contributed by atoms with van der Waals surface area (Å²) in [6, 6.07) is 11.1. The fourth-order valence-electron chi connectivity index (χ4n) is 3.23. The van der Waals surface area contributed by atoms with Gasteiger partial charge in [0.1, 0.15) is 17.5 Å². The second-order valence-corrected chi connectivity index (χ2v) is 7.91. The second kappa shape index (κ2) is 10.7. The van der Waals surface area contributed by atoms with E-state index >= 15 is 0 Å². The highest BCUT2D eigenvalue weighted by Crippen LogP contribution is 2.39. The van der Waals surface area contributed by atoms with Crippen LogP contribution in [0.2, 0.25) is 0 Å². The van der Waals surface area contributed by atoms with E-state index in [1.807, 2.05) is 36.4 Å². The van der Waals surface area contributed by atoms with Gasteiger partial charge in [0.05, 0.1) is 14.2 Å². The number of allylic oxidation sites excluding steroid dienone is 1. The summed E-state index contributed by atoms with van der Waals surface area (Å²) >= 11 is 0. The van der Waals surface area contributed by atoms with Gasteiger partial charge in [-0.25, -0.2) is 0 Å².